The zero-order valence-corrected chi connectivity index (χ0v) is 19.7. The Bertz CT molecular complexity index is 1120. The summed E-state index contributed by atoms with van der Waals surface area (Å²) in [6.45, 7) is 1.08. The molecule has 0 aliphatic carbocycles. The summed E-state index contributed by atoms with van der Waals surface area (Å²) in [4.78, 5) is 29.4. The average molecular weight is 482 g/mol. The number of imidazole rings is 1. The third kappa shape index (κ3) is 5.91. The van der Waals surface area contributed by atoms with Crippen LogP contribution in [-0.2, 0) is 18.3 Å². The standard InChI is InChI=1S/C25H27N3O5S/c1-27-15-12-26-24(27)23(34)18-4-8-20(9-5-18)33-25(31)28-13-10-21(11-14-28)32-19-6-2-17(3-7-19)16-22(29)30/h2-9,12,15,21,23,34H,10-11,13-14,16H2,1H3,(H,29,30). The molecule has 0 bridgehead atoms. The summed E-state index contributed by atoms with van der Waals surface area (Å²) in [5.74, 6) is 1.16. The number of thiol groups is 1. The van der Waals surface area contributed by atoms with Crippen molar-refractivity contribution in [3.05, 3.63) is 77.9 Å². The number of aromatic nitrogens is 2. The first-order valence-corrected chi connectivity index (χ1v) is 11.6. The van der Waals surface area contributed by atoms with E-state index in [4.69, 9.17) is 14.6 Å². The lowest BCUT2D eigenvalue weighted by atomic mass is 10.1. The second-order valence-electron chi connectivity index (χ2n) is 8.25. The molecule has 4 rings (SSSR count). The van der Waals surface area contributed by atoms with Crippen molar-refractivity contribution in [2.24, 2.45) is 7.05 Å². The molecule has 1 aliphatic rings. The van der Waals surface area contributed by atoms with Crippen molar-refractivity contribution in [2.75, 3.05) is 13.1 Å². The summed E-state index contributed by atoms with van der Waals surface area (Å²) in [5, 5.41) is 8.69. The lowest BCUT2D eigenvalue weighted by molar-refractivity contribution is -0.136. The topological polar surface area (TPSA) is 93.9 Å². The van der Waals surface area contributed by atoms with Gasteiger partial charge in [0, 0.05) is 45.4 Å². The Labute approximate surface area is 203 Å². The van der Waals surface area contributed by atoms with Gasteiger partial charge >= 0.3 is 12.1 Å². The van der Waals surface area contributed by atoms with Gasteiger partial charge in [0.15, 0.2) is 0 Å². The van der Waals surface area contributed by atoms with Gasteiger partial charge in [0.25, 0.3) is 0 Å². The number of nitrogens with zero attached hydrogens (tertiary/aromatic N) is 3. The average Bonchev–Trinajstić information content (AvgIpc) is 3.26. The summed E-state index contributed by atoms with van der Waals surface area (Å²) in [6, 6.07) is 14.4. The van der Waals surface area contributed by atoms with Gasteiger partial charge in [-0.3, -0.25) is 4.79 Å². The number of carboxylic acid groups (broad SMARTS) is 1. The SMILES string of the molecule is Cn1ccnc1C(S)c1ccc(OC(=O)N2CCC(Oc3ccc(CC(=O)O)cc3)CC2)cc1. The van der Waals surface area contributed by atoms with Crippen LogP contribution >= 0.6 is 12.6 Å². The van der Waals surface area contributed by atoms with Crippen LogP contribution in [0.4, 0.5) is 4.79 Å². The summed E-state index contributed by atoms with van der Waals surface area (Å²) in [7, 11) is 1.92. The maximum Gasteiger partial charge on any atom is 0.415 e. The molecule has 1 N–H and O–H groups in total. The van der Waals surface area contributed by atoms with E-state index in [0.717, 1.165) is 17.0 Å². The second-order valence-corrected chi connectivity index (χ2v) is 8.77. The van der Waals surface area contributed by atoms with Gasteiger partial charge in [-0.05, 0) is 35.4 Å². The normalized spacial score (nSPS) is 15.1. The molecule has 0 saturated carbocycles. The molecule has 1 fully saturated rings. The fourth-order valence-electron chi connectivity index (χ4n) is 3.88. The van der Waals surface area contributed by atoms with Crippen LogP contribution in [0.25, 0.3) is 0 Å². The first kappa shape index (κ1) is 23.7. The number of benzene rings is 2. The Hall–Kier alpha value is -3.46. The maximum atomic E-state index is 12.6. The third-order valence-electron chi connectivity index (χ3n) is 5.79. The molecule has 1 saturated heterocycles. The van der Waals surface area contributed by atoms with Crippen LogP contribution in [0, 0.1) is 0 Å². The Kier molecular flexibility index (Phi) is 7.42. The van der Waals surface area contributed by atoms with E-state index in [1.54, 1.807) is 47.5 Å². The highest BCUT2D eigenvalue weighted by Crippen LogP contribution is 2.28. The van der Waals surface area contributed by atoms with Gasteiger partial charge in [0.2, 0.25) is 0 Å². The Balaban J connectivity index is 1.25. The predicted octanol–water partition coefficient (Wildman–Crippen LogP) is 4.11. The lowest BCUT2D eigenvalue weighted by Crippen LogP contribution is -2.43. The zero-order valence-electron chi connectivity index (χ0n) is 18.8. The molecule has 0 spiro atoms. The van der Waals surface area contributed by atoms with Crippen LogP contribution in [0.15, 0.2) is 60.9 Å². The van der Waals surface area contributed by atoms with Crippen LogP contribution in [0.5, 0.6) is 11.5 Å². The van der Waals surface area contributed by atoms with Gasteiger partial charge in [-0.25, -0.2) is 9.78 Å². The van der Waals surface area contributed by atoms with Crippen LogP contribution in [0.2, 0.25) is 0 Å². The molecule has 1 atom stereocenters. The maximum absolute atomic E-state index is 12.6. The smallest absolute Gasteiger partial charge is 0.415 e. The molecule has 34 heavy (non-hydrogen) atoms. The molecule has 2 aromatic carbocycles. The number of hydrogen-bond donors (Lipinski definition) is 2. The number of carboxylic acids is 1. The Morgan fingerprint density at radius 1 is 1.09 bits per heavy atom. The van der Waals surface area contributed by atoms with E-state index in [0.29, 0.717) is 37.4 Å². The minimum Gasteiger partial charge on any atom is -0.490 e. The Morgan fingerprint density at radius 2 is 1.74 bits per heavy atom. The predicted molar refractivity (Wildman–Crippen MR) is 130 cm³/mol. The molecule has 1 aromatic heterocycles. The van der Waals surface area contributed by atoms with E-state index in [9.17, 15) is 9.59 Å². The first-order chi connectivity index (χ1) is 16.4. The molecule has 1 unspecified atom stereocenters. The second kappa shape index (κ2) is 10.6. The molecule has 3 aromatic rings. The minimum absolute atomic E-state index is 0.00731. The number of rotatable bonds is 7. The molecule has 0 radical (unpaired) electrons. The highest BCUT2D eigenvalue weighted by Gasteiger charge is 2.25. The lowest BCUT2D eigenvalue weighted by Gasteiger charge is -2.31. The van der Waals surface area contributed by atoms with Gasteiger partial charge in [-0.1, -0.05) is 24.3 Å². The highest BCUT2D eigenvalue weighted by molar-refractivity contribution is 7.80. The van der Waals surface area contributed by atoms with E-state index in [1.165, 1.54) is 0 Å². The monoisotopic (exact) mass is 481 g/mol. The number of likely N-dealkylation sites (tertiary alicyclic amines) is 1. The molecule has 9 heteroatoms. The molecule has 8 nitrogen and oxygen atoms in total. The van der Waals surface area contributed by atoms with E-state index in [-0.39, 0.29) is 23.9 Å². The van der Waals surface area contributed by atoms with Crippen molar-refractivity contribution < 1.29 is 24.2 Å². The van der Waals surface area contributed by atoms with E-state index in [2.05, 4.69) is 17.6 Å². The van der Waals surface area contributed by atoms with Gasteiger partial charge in [-0.2, -0.15) is 12.6 Å². The van der Waals surface area contributed by atoms with Crippen molar-refractivity contribution in [1.82, 2.24) is 14.5 Å². The number of piperidine rings is 1. The van der Waals surface area contributed by atoms with E-state index >= 15 is 0 Å². The van der Waals surface area contributed by atoms with E-state index in [1.807, 2.05) is 29.9 Å². The number of carbonyl (C=O) groups is 2. The van der Waals surface area contributed by atoms with Crippen molar-refractivity contribution in [3.63, 3.8) is 0 Å². The molecule has 178 valence electrons. The number of aliphatic carboxylic acids is 1. The molecular weight excluding hydrogens is 454 g/mol. The van der Waals surface area contributed by atoms with E-state index < -0.39 is 5.97 Å². The molecule has 1 amide bonds. The highest BCUT2D eigenvalue weighted by atomic mass is 32.1. The minimum atomic E-state index is -0.862. The van der Waals surface area contributed by atoms with Crippen LogP contribution in [-0.4, -0.2) is 50.8 Å². The molecule has 1 aliphatic heterocycles. The fraction of sp³-hybridized carbons (Fsp3) is 0.320. The van der Waals surface area contributed by atoms with Gasteiger partial charge < -0.3 is 24.0 Å². The van der Waals surface area contributed by atoms with Gasteiger partial charge in [0.1, 0.15) is 23.4 Å². The number of hydrogen-bond acceptors (Lipinski definition) is 6. The van der Waals surface area contributed by atoms with Gasteiger partial charge in [-0.15, -0.1) is 0 Å². The summed E-state index contributed by atoms with van der Waals surface area (Å²) in [6.07, 6.45) is 4.60. The quantitative estimate of drug-likeness (QED) is 0.494. The van der Waals surface area contributed by atoms with Crippen molar-refractivity contribution in [3.8, 4) is 11.5 Å². The van der Waals surface area contributed by atoms with Gasteiger partial charge in [0.05, 0.1) is 11.7 Å². The number of aryl methyl sites for hydroxylation is 1. The molecular formula is C25H27N3O5S. The van der Waals surface area contributed by atoms with Crippen molar-refractivity contribution in [1.29, 1.82) is 0 Å². The zero-order chi connectivity index (χ0) is 24.1. The first-order valence-electron chi connectivity index (χ1n) is 11.1. The number of carbonyl (C=O) groups excluding carboxylic acids is 1. The Morgan fingerprint density at radius 3 is 2.32 bits per heavy atom. The number of ether oxygens (including phenoxy) is 2. The van der Waals surface area contributed by atoms with Crippen LogP contribution < -0.4 is 9.47 Å². The summed E-state index contributed by atoms with van der Waals surface area (Å²) < 4.78 is 13.5. The number of amides is 1. The largest absolute Gasteiger partial charge is 0.490 e. The fourth-order valence-corrected chi connectivity index (χ4v) is 4.30. The van der Waals surface area contributed by atoms with Crippen molar-refractivity contribution in [2.45, 2.75) is 30.6 Å². The third-order valence-corrected chi connectivity index (χ3v) is 6.31. The van der Waals surface area contributed by atoms with Crippen LogP contribution in [0.3, 0.4) is 0 Å². The summed E-state index contributed by atoms with van der Waals surface area (Å²) in [5.41, 5.74) is 1.69. The summed E-state index contributed by atoms with van der Waals surface area (Å²) >= 11 is 4.66. The molecule has 2 heterocycles. The van der Waals surface area contributed by atoms with Crippen LogP contribution in [0.1, 0.15) is 35.0 Å². The van der Waals surface area contributed by atoms with Crippen molar-refractivity contribution >= 4 is 24.7 Å².